The number of ether oxygens (including phenoxy) is 3. The zero-order valence-electron chi connectivity index (χ0n) is 22.3. The molecular formula is C29H42O7. The summed E-state index contributed by atoms with van der Waals surface area (Å²) in [6, 6.07) is 0. The number of ketones is 1. The van der Waals surface area contributed by atoms with E-state index in [1.165, 1.54) is 0 Å². The molecule has 36 heavy (non-hydrogen) atoms. The van der Waals surface area contributed by atoms with Crippen molar-refractivity contribution < 1.29 is 34.0 Å². The zero-order valence-corrected chi connectivity index (χ0v) is 22.3. The molecule has 2 heterocycles. The lowest BCUT2D eigenvalue weighted by Gasteiger charge is -2.59. The second-order valence-electron chi connectivity index (χ2n) is 13.2. The number of carbonyl (C=O) groups excluding carboxylic acids is 2. The molecule has 0 aromatic heterocycles. The summed E-state index contributed by atoms with van der Waals surface area (Å²) in [4.78, 5) is 26.2. The summed E-state index contributed by atoms with van der Waals surface area (Å²) in [6.45, 7) is 8.42. The van der Waals surface area contributed by atoms with Crippen molar-refractivity contribution in [2.24, 2.45) is 40.4 Å². The number of fused-ring (bicyclic) bond motifs is 4. The first-order valence-corrected chi connectivity index (χ1v) is 14.0. The van der Waals surface area contributed by atoms with Crippen LogP contribution in [0.4, 0.5) is 0 Å². The fourth-order valence-corrected chi connectivity index (χ4v) is 10.2. The van der Waals surface area contributed by atoms with Gasteiger partial charge in [-0.3, -0.25) is 4.79 Å². The molecule has 200 valence electrons. The molecule has 0 radical (unpaired) electrons. The van der Waals surface area contributed by atoms with Gasteiger partial charge in [0, 0.05) is 20.0 Å². The first kappa shape index (κ1) is 25.0. The maximum absolute atomic E-state index is 13.7. The Morgan fingerprint density at radius 2 is 1.89 bits per heavy atom. The van der Waals surface area contributed by atoms with E-state index in [4.69, 9.17) is 14.2 Å². The number of methoxy groups -OCH3 is 1. The van der Waals surface area contributed by atoms with Crippen LogP contribution in [-0.4, -0.2) is 65.7 Å². The number of Topliss-reactive ketones (excluding diaryl/α,β-unsaturated/α-hetero) is 1. The van der Waals surface area contributed by atoms with Gasteiger partial charge in [-0.1, -0.05) is 19.4 Å². The van der Waals surface area contributed by atoms with Crippen LogP contribution in [0.25, 0.3) is 0 Å². The number of cyclic esters (lactones) is 1. The highest BCUT2D eigenvalue weighted by atomic mass is 16.6. The number of epoxide rings is 1. The Bertz CT molecular complexity index is 1010. The van der Waals surface area contributed by atoms with Crippen LogP contribution in [0.1, 0.15) is 72.6 Å². The highest BCUT2D eigenvalue weighted by Crippen LogP contribution is 2.73. The molecule has 0 aromatic rings. The molecule has 4 aliphatic carbocycles. The fraction of sp³-hybridized carbons (Fsp3) is 0.862. The second kappa shape index (κ2) is 8.11. The first-order valence-electron chi connectivity index (χ1n) is 14.0. The van der Waals surface area contributed by atoms with Crippen LogP contribution in [0.3, 0.4) is 0 Å². The van der Waals surface area contributed by atoms with Crippen LogP contribution in [0.15, 0.2) is 11.1 Å². The van der Waals surface area contributed by atoms with Gasteiger partial charge >= 0.3 is 5.97 Å². The molecular weight excluding hydrogens is 460 g/mol. The molecule has 1 spiro atoms. The van der Waals surface area contributed by atoms with Crippen LogP contribution < -0.4 is 0 Å². The Hall–Kier alpha value is -1.28. The molecule has 6 aliphatic rings. The summed E-state index contributed by atoms with van der Waals surface area (Å²) in [5.74, 6) is 1.61. The average Bonchev–Trinajstić information content (AvgIpc) is 3.47. The number of rotatable bonds is 4. The lowest BCUT2D eigenvalue weighted by molar-refractivity contribution is -0.183. The molecule has 4 saturated carbocycles. The summed E-state index contributed by atoms with van der Waals surface area (Å²) in [5.41, 5.74) is 0.0291. The normalized spacial score (nSPS) is 52.6. The quantitative estimate of drug-likeness (QED) is 0.449. The molecule has 12 unspecified atom stereocenters. The summed E-state index contributed by atoms with van der Waals surface area (Å²) in [7, 11) is 1.57. The molecule has 2 N–H and O–H groups in total. The van der Waals surface area contributed by atoms with E-state index < -0.39 is 23.2 Å². The Kier molecular flexibility index (Phi) is 5.64. The minimum atomic E-state index is -0.784. The largest absolute Gasteiger partial charge is 0.458 e. The SMILES string of the molecule is COC1CC(=O)C2(C)C3CCC4(C)C(C(C)C5CC(C)=C(CO)C(=O)O5)CCC4C3CC3OC32C1O. The lowest BCUT2D eigenvalue weighted by Crippen LogP contribution is -2.68. The molecule has 0 aromatic carbocycles. The standard InChI is InChI=1S/C29H42O7/c1-14-10-21(35-26(33)17(14)13-30)15(2)18-6-7-19-16-11-24-29(36-24)25(32)22(34-5)12-23(31)28(29,4)20(16)8-9-27(18,19)3/h15-16,18-22,24-25,30,32H,6-13H2,1-5H3. The maximum Gasteiger partial charge on any atom is 0.336 e. The summed E-state index contributed by atoms with van der Waals surface area (Å²) < 4.78 is 17.7. The molecule has 7 nitrogen and oxygen atoms in total. The van der Waals surface area contributed by atoms with Crippen molar-refractivity contribution in [1.29, 1.82) is 0 Å². The zero-order chi connectivity index (χ0) is 25.8. The Labute approximate surface area is 213 Å². The van der Waals surface area contributed by atoms with Crippen molar-refractivity contribution >= 4 is 11.8 Å². The lowest BCUT2D eigenvalue weighted by atomic mass is 9.43. The number of hydrogen-bond acceptors (Lipinski definition) is 7. The minimum absolute atomic E-state index is 0.0801. The van der Waals surface area contributed by atoms with E-state index in [0.29, 0.717) is 29.7 Å². The van der Waals surface area contributed by atoms with Crippen LogP contribution in [-0.2, 0) is 23.8 Å². The van der Waals surface area contributed by atoms with Crippen molar-refractivity contribution in [3.63, 3.8) is 0 Å². The van der Waals surface area contributed by atoms with Gasteiger partial charge in [0.15, 0.2) is 0 Å². The van der Waals surface area contributed by atoms with Crippen molar-refractivity contribution in [2.45, 2.75) is 103 Å². The van der Waals surface area contributed by atoms with Gasteiger partial charge in [0.05, 0.1) is 29.8 Å². The third-order valence-corrected chi connectivity index (χ3v) is 12.3. The predicted molar refractivity (Wildman–Crippen MR) is 131 cm³/mol. The van der Waals surface area contributed by atoms with E-state index in [1.807, 2.05) is 6.92 Å². The summed E-state index contributed by atoms with van der Waals surface area (Å²) >= 11 is 0. The van der Waals surface area contributed by atoms with Gasteiger partial charge in [-0.2, -0.15) is 0 Å². The van der Waals surface area contributed by atoms with E-state index in [-0.39, 0.29) is 54.2 Å². The molecule has 0 bridgehead atoms. The van der Waals surface area contributed by atoms with Crippen molar-refractivity contribution in [3.05, 3.63) is 11.1 Å². The van der Waals surface area contributed by atoms with E-state index in [0.717, 1.165) is 37.7 Å². The van der Waals surface area contributed by atoms with Crippen LogP contribution in [0.2, 0.25) is 0 Å². The maximum atomic E-state index is 13.7. The van der Waals surface area contributed by atoms with Gasteiger partial charge in [-0.15, -0.1) is 0 Å². The van der Waals surface area contributed by atoms with Gasteiger partial charge < -0.3 is 24.4 Å². The number of aliphatic hydroxyl groups is 2. The Morgan fingerprint density at radius 3 is 2.56 bits per heavy atom. The first-order chi connectivity index (χ1) is 17.0. The number of esters is 1. The molecule has 5 fully saturated rings. The molecule has 6 rings (SSSR count). The third-order valence-electron chi connectivity index (χ3n) is 12.3. The smallest absolute Gasteiger partial charge is 0.336 e. The van der Waals surface area contributed by atoms with E-state index in [9.17, 15) is 19.8 Å². The molecule has 7 heteroatoms. The van der Waals surface area contributed by atoms with Crippen LogP contribution in [0, 0.1) is 40.4 Å². The van der Waals surface area contributed by atoms with Crippen LogP contribution >= 0.6 is 0 Å². The van der Waals surface area contributed by atoms with Gasteiger partial charge in [-0.05, 0) is 81.0 Å². The van der Waals surface area contributed by atoms with E-state index in [2.05, 4.69) is 20.8 Å². The monoisotopic (exact) mass is 502 g/mol. The minimum Gasteiger partial charge on any atom is -0.458 e. The second-order valence-corrected chi connectivity index (χ2v) is 13.2. The number of aliphatic hydroxyl groups excluding tert-OH is 2. The fourth-order valence-electron chi connectivity index (χ4n) is 10.2. The number of hydrogen-bond donors (Lipinski definition) is 2. The van der Waals surface area contributed by atoms with Crippen molar-refractivity contribution in [1.82, 2.24) is 0 Å². The topological polar surface area (TPSA) is 106 Å². The van der Waals surface area contributed by atoms with Gasteiger partial charge in [-0.25, -0.2) is 4.79 Å². The summed E-state index contributed by atoms with van der Waals surface area (Å²) in [6.07, 6.45) is 4.59. The van der Waals surface area contributed by atoms with Gasteiger partial charge in [0.2, 0.25) is 0 Å². The average molecular weight is 503 g/mol. The molecule has 12 atom stereocenters. The van der Waals surface area contributed by atoms with Crippen LogP contribution in [0.5, 0.6) is 0 Å². The van der Waals surface area contributed by atoms with Crippen molar-refractivity contribution in [3.8, 4) is 0 Å². The predicted octanol–water partition coefficient (Wildman–Crippen LogP) is 3.20. The third kappa shape index (κ3) is 2.95. The Morgan fingerprint density at radius 1 is 1.14 bits per heavy atom. The highest BCUT2D eigenvalue weighted by molar-refractivity contribution is 5.90. The highest BCUT2D eigenvalue weighted by Gasteiger charge is 2.82. The van der Waals surface area contributed by atoms with E-state index in [1.54, 1.807) is 7.11 Å². The van der Waals surface area contributed by atoms with E-state index >= 15 is 0 Å². The van der Waals surface area contributed by atoms with Gasteiger partial charge in [0.1, 0.15) is 23.6 Å². The molecule has 0 amide bonds. The number of carbonyl (C=O) groups is 2. The molecule has 2 aliphatic heterocycles. The summed E-state index contributed by atoms with van der Waals surface area (Å²) in [5, 5.41) is 20.8. The van der Waals surface area contributed by atoms with Gasteiger partial charge in [0.25, 0.3) is 0 Å². The van der Waals surface area contributed by atoms with Crippen molar-refractivity contribution in [2.75, 3.05) is 13.7 Å². The molecule has 1 saturated heterocycles. The Balaban J connectivity index is 1.26.